The van der Waals surface area contributed by atoms with Gasteiger partial charge in [0.25, 0.3) is 0 Å². The van der Waals surface area contributed by atoms with Crippen molar-refractivity contribution in [1.82, 2.24) is 0 Å². The predicted octanol–water partition coefficient (Wildman–Crippen LogP) is -1.07. The molecule has 0 radical (unpaired) electrons. The summed E-state index contributed by atoms with van der Waals surface area (Å²) in [7, 11) is -8.93. The fourth-order valence-electron chi connectivity index (χ4n) is 0.522. The molecule has 1 aliphatic heterocycles. The molecule has 1 heterocycles. The summed E-state index contributed by atoms with van der Waals surface area (Å²) in [5, 5.41) is 0. The van der Waals surface area contributed by atoms with Crippen LogP contribution in [0.4, 0.5) is 0 Å². The Morgan fingerprint density at radius 3 is 1.67 bits per heavy atom. The molecule has 0 saturated carbocycles. The number of hydrogen-bond donors (Lipinski definition) is 0. The van der Waals surface area contributed by atoms with Crippen LogP contribution >= 0.6 is 0 Å². The van der Waals surface area contributed by atoms with Gasteiger partial charge >= 0.3 is 20.8 Å². The van der Waals surface area contributed by atoms with Crippen LogP contribution in [0.5, 0.6) is 0 Å². The molecule has 1 rings (SSSR count). The van der Waals surface area contributed by atoms with E-state index in [1.54, 1.807) is 0 Å². The summed E-state index contributed by atoms with van der Waals surface area (Å²) in [6.07, 6.45) is 0.168. The van der Waals surface area contributed by atoms with Crippen molar-refractivity contribution in [2.75, 3.05) is 13.2 Å². The van der Waals surface area contributed by atoms with Crippen molar-refractivity contribution in [3.63, 3.8) is 0 Å². The van der Waals surface area contributed by atoms with Gasteiger partial charge in [0.15, 0.2) is 0 Å². The SMILES string of the molecule is O=S1(=O)OCCCOS(=O)(=O)O1. The lowest BCUT2D eigenvalue weighted by molar-refractivity contribution is 0.191. The highest BCUT2D eigenvalue weighted by atomic mass is 32.3. The maximum Gasteiger partial charge on any atom is 0.416 e. The average Bonchev–Trinajstić information content (AvgIpc) is 1.80. The van der Waals surface area contributed by atoms with Gasteiger partial charge in [-0.15, -0.1) is 3.63 Å². The van der Waals surface area contributed by atoms with E-state index in [-0.39, 0.29) is 19.6 Å². The molecule has 0 bridgehead atoms. The van der Waals surface area contributed by atoms with Gasteiger partial charge in [0.2, 0.25) is 0 Å². The quantitative estimate of drug-likeness (QED) is 0.510. The third-order valence-electron chi connectivity index (χ3n) is 0.911. The summed E-state index contributed by atoms with van der Waals surface area (Å²) in [5.74, 6) is 0. The largest absolute Gasteiger partial charge is 0.416 e. The second kappa shape index (κ2) is 3.26. The lowest BCUT2D eigenvalue weighted by Crippen LogP contribution is -2.22. The van der Waals surface area contributed by atoms with Crippen molar-refractivity contribution in [2.24, 2.45) is 0 Å². The molecule has 0 unspecified atom stereocenters. The van der Waals surface area contributed by atoms with Crippen LogP contribution < -0.4 is 0 Å². The number of rotatable bonds is 0. The van der Waals surface area contributed by atoms with Crippen LogP contribution in [0.25, 0.3) is 0 Å². The van der Waals surface area contributed by atoms with Gasteiger partial charge in [-0.2, -0.15) is 16.8 Å². The minimum atomic E-state index is -4.46. The normalized spacial score (nSPS) is 28.7. The van der Waals surface area contributed by atoms with E-state index in [1.807, 2.05) is 0 Å². The molecule has 9 heteroatoms. The summed E-state index contributed by atoms with van der Waals surface area (Å²) < 4.78 is 53.9. The molecule has 0 atom stereocenters. The summed E-state index contributed by atoms with van der Waals surface area (Å²) in [6.45, 7) is -0.310. The third-order valence-corrected chi connectivity index (χ3v) is 3.15. The van der Waals surface area contributed by atoms with Crippen LogP contribution in [0.1, 0.15) is 6.42 Å². The van der Waals surface area contributed by atoms with E-state index in [2.05, 4.69) is 12.0 Å². The van der Waals surface area contributed by atoms with Crippen LogP contribution in [-0.2, 0) is 32.8 Å². The van der Waals surface area contributed by atoms with E-state index >= 15 is 0 Å². The molecule has 7 nitrogen and oxygen atoms in total. The fourth-order valence-corrected chi connectivity index (χ4v) is 2.30. The van der Waals surface area contributed by atoms with Crippen LogP contribution in [0.15, 0.2) is 0 Å². The van der Waals surface area contributed by atoms with Crippen LogP contribution in [0.3, 0.4) is 0 Å². The first kappa shape index (κ1) is 9.86. The summed E-state index contributed by atoms with van der Waals surface area (Å²) in [5.41, 5.74) is 0. The fraction of sp³-hybridized carbons (Fsp3) is 1.00. The van der Waals surface area contributed by atoms with Crippen molar-refractivity contribution in [3.05, 3.63) is 0 Å². The zero-order valence-electron chi connectivity index (χ0n) is 5.80. The van der Waals surface area contributed by atoms with Crippen LogP contribution in [0, 0.1) is 0 Å². The second-order valence-corrected chi connectivity index (χ2v) is 4.53. The topological polar surface area (TPSA) is 96.0 Å². The van der Waals surface area contributed by atoms with E-state index in [1.165, 1.54) is 0 Å². The zero-order chi connectivity index (χ0) is 9.24. The van der Waals surface area contributed by atoms with Crippen LogP contribution in [-0.4, -0.2) is 30.0 Å². The molecule has 72 valence electrons. The highest BCUT2D eigenvalue weighted by Gasteiger charge is 2.26. The summed E-state index contributed by atoms with van der Waals surface area (Å²) >= 11 is 0. The monoisotopic (exact) mass is 218 g/mol. The second-order valence-electron chi connectivity index (χ2n) is 1.88. The Hall–Kier alpha value is -0.220. The molecular formula is C3H6O7S2. The lowest BCUT2D eigenvalue weighted by atomic mass is 10.5. The molecule has 0 spiro atoms. The van der Waals surface area contributed by atoms with Crippen molar-refractivity contribution in [3.8, 4) is 0 Å². The van der Waals surface area contributed by atoms with Gasteiger partial charge in [-0.05, 0) is 6.42 Å². The molecule has 0 aromatic carbocycles. The van der Waals surface area contributed by atoms with E-state index in [9.17, 15) is 16.8 Å². The Balaban J connectivity index is 2.86. The van der Waals surface area contributed by atoms with E-state index in [0.717, 1.165) is 0 Å². The first-order valence-electron chi connectivity index (χ1n) is 2.91. The first-order valence-corrected chi connectivity index (χ1v) is 5.58. The molecule has 0 aromatic heterocycles. The first-order chi connectivity index (χ1) is 5.41. The summed E-state index contributed by atoms with van der Waals surface area (Å²) in [6, 6.07) is 0. The van der Waals surface area contributed by atoms with Gasteiger partial charge in [-0.1, -0.05) is 0 Å². The van der Waals surface area contributed by atoms with Gasteiger partial charge in [0, 0.05) is 0 Å². The Morgan fingerprint density at radius 2 is 1.25 bits per heavy atom. The molecule has 0 aliphatic carbocycles. The maximum atomic E-state index is 10.5. The van der Waals surface area contributed by atoms with Crippen molar-refractivity contribution < 1.29 is 28.8 Å². The zero-order valence-corrected chi connectivity index (χ0v) is 7.43. The Labute approximate surface area is 69.9 Å². The van der Waals surface area contributed by atoms with E-state index < -0.39 is 20.8 Å². The van der Waals surface area contributed by atoms with Gasteiger partial charge < -0.3 is 0 Å². The molecule has 1 saturated heterocycles. The molecule has 0 aromatic rings. The highest BCUT2D eigenvalue weighted by Crippen LogP contribution is 2.09. The summed E-state index contributed by atoms with van der Waals surface area (Å²) in [4.78, 5) is 0. The standard InChI is InChI=1S/C3H6O7S2/c4-11(5)8-2-1-3-9-12(6,7)10-11/h1-3H2. The van der Waals surface area contributed by atoms with Gasteiger partial charge in [0.1, 0.15) is 0 Å². The lowest BCUT2D eigenvalue weighted by Gasteiger charge is -2.09. The van der Waals surface area contributed by atoms with Gasteiger partial charge in [0.05, 0.1) is 13.2 Å². The minimum absolute atomic E-state index is 0.155. The smallest absolute Gasteiger partial charge is 0.247 e. The van der Waals surface area contributed by atoms with Crippen molar-refractivity contribution in [1.29, 1.82) is 0 Å². The molecule has 1 fully saturated rings. The van der Waals surface area contributed by atoms with E-state index in [4.69, 9.17) is 0 Å². The molecule has 0 N–H and O–H groups in total. The molecule has 1 aliphatic rings. The molecular weight excluding hydrogens is 212 g/mol. The van der Waals surface area contributed by atoms with Crippen molar-refractivity contribution in [2.45, 2.75) is 6.42 Å². The highest BCUT2D eigenvalue weighted by molar-refractivity contribution is 7.95. The van der Waals surface area contributed by atoms with E-state index in [0.29, 0.717) is 0 Å². The maximum absolute atomic E-state index is 10.5. The third kappa shape index (κ3) is 3.03. The molecule has 12 heavy (non-hydrogen) atoms. The minimum Gasteiger partial charge on any atom is -0.247 e. The Morgan fingerprint density at radius 1 is 0.833 bits per heavy atom. The molecule has 0 amide bonds. The Bertz CT molecular complexity index is 303. The van der Waals surface area contributed by atoms with Gasteiger partial charge in [-0.3, -0.25) is 0 Å². The number of hydrogen-bond acceptors (Lipinski definition) is 7. The Kier molecular flexibility index (Phi) is 2.68. The predicted molar refractivity (Wildman–Crippen MR) is 35.4 cm³/mol. The van der Waals surface area contributed by atoms with Crippen LogP contribution in [0.2, 0.25) is 0 Å². The van der Waals surface area contributed by atoms with Gasteiger partial charge in [-0.25, -0.2) is 8.37 Å². The van der Waals surface area contributed by atoms with Crippen molar-refractivity contribution >= 4 is 20.8 Å². The average molecular weight is 218 g/mol.